The van der Waals surface area contributed by atoms with Crippen molar-refractivity contribution in [3.63, 3.8) is 0 Å². The van der Waals surface area contributed by atoms with E-state index in [0.717, 1.165) is 45.3 Å². The molecule has 4 nitrogen and oxygen atoms in total. The van der Waals surface area contributed by atoms with Crippen LogP contribution in [0.5, 0.6) is 0 Å². The Bertz CT molecular complexity index is 591. The van der Waals surface area contributed by atoms with Crippen LogP contribution in [0, 0.1) is 11.8 Å². The molecule has 1 aromatic carbocycles. The minimum atomic E-state index is -0.411. The predicted octanol–water partition coefficient (Wildman–Crippen LogP) is 2.66. The van der Waals surface area contributed by atoms with Gasteiger partial charge in [0, 0.05) is 25.7 Å². The number of hydrogen-bond donors (Lipinski definition) is 1. The fourth-order valence-electron chi connectivity index (χ4n) is 5.18. The Labute approximate surface area is 150 Å². The lowest BCUT2D eigenvalue weighted by Crippen LogP contribution is -2.56. The molecule has 136 valence electrons. The van der Waals surface area contributed by atoms with Gasteiger partial charge in [-0.1, -0.05) is 30.3 Å². The molecule has 1 saturated carbocycles. The molecule has 1 aromatic rings. The van der Waals surface area contributed by atoms with E-state index in [4.69, 9.17) is 0 Å². The standard InChI is InChI=1S/C21H30N2O2/c24-20-10-4-9-18(20)21(25)23-13-11-19-17(15-23)8-5-12-22(19)14-16-6-2-1-3-7-16/h1-3,6-7,17-20,24H,4-5,8-15H2. The second-order valence-corrected chi connectivity index (χ2v) is 8.10. The average molecular weight is 342 g/mol. The van der Waals surface area contributed by atoms with E-state index in [-0.39, 0.29) is 11.8 Å². The molecule has 4 atom stereocenters. The Morgan fingerprint density at radius 2 is 1.88 bits per heavy atom. The summed E-state index contributed by atoms with van der Waals surface area (Å²) in [6.45, 7) is 3.94. The minimum Gasteiger partial charge on any atom is -0.392 e. The SMILES string of the molecule is O=C(C1CCCC1O)N1CCC2C(CCCN2Cc2ccccc2)C1. The van der Waals surface area contributed by atoms with E-state index in [1.54, 1.807) is 0 Å². The van der Waals surface area contributed by atoms with Crippen molar-refractivity contribution in [1.82, 2.24) is 9.80 Å². The first-order chi connectivity index (χ1) is 12.2. The number of carbonyl (C=O) groups excluding carboxylic acids is 1. The molecular formula is C21H30N2O2. The zero-order valence-electron chi connectivity index (χ0n) is 15.0. The molecule has 1 amide bonds. The van der Waals surface area contributed by atoms with Crippen molar-refractivity contribution in [2.24, 2.45) is 11.8 Å². The minimum absolute atomic E-state index is 0.138. The molecule has 0 radical (unpaired) electrons. The Hall–Kier alpha value is -1.39. The summed E-state index contributed by atoms with van der Waals surface area (Å²) in [5.41, 5.74) is 1.38. The summed E-state index contributed by atoms with van der Waals surface area (Å²) in [6.07, 6.45) is 5.76. The molecule has 2 heterocycles. The van der Waals surface area contributed by atoms with Gasteiger partial charge >= 0.3 is 0 Å². The van der Waals surface area contributed by atoms with E-state index in [1.165, 1.54) is 24.9 Å². The molecule has 1 N–H and O–H groups in total. The molecule has 3 fully saturated rings. The van der Waals surface area contributed by atoms with Crippen molar-refractivity contribution in [1.29, 1.82) is 0 Å². The van der Waals surface area contributed by atoms with Gasteiger partial charge in [-0.15, -0.1) is 0 Å². The predicted molar refractivity (Wildman–Crippen MR) is 97.9 cm³/mol. The highest BCUT2D eigenvalue weighted by Crippen LogP contribution is 2.34. The molecule has 25 heavy (non-hydrogen) atoms. The van der Waals surface area contributed by atoms with Crippen LogP contribution in [0.15, 0.2) is 30.3 Å². The lowest BCUT2D eigenvalue weighted by Gasteiger charge is -2.47. The normalized spacial score (nSPS) is 33.2. The van der Waals surface area contributed by atoms with Gasteiger partial charge in [0.25, 0.3) is 0 Å². The number of benzene rings is 1. The molecule has 1 aliphatic carbocycles. The maximum absolute atomic E-state index is 12.8. The summed E-state index contributed by atoms with van der Waals surface area (Å²) < 4.78 is 0. The highest BCUT2D eigenvalue weighted by molar-refractivity contribution is 5.79. The number of amides is 1. The van der Waals surface area contributed by atoms with E-state index in [0.29, 0.717) is 12.0 Å². The van der Waals surface area contributed by atoms with E-state index in [2.05, 4.69) is 40.1 Å². The summed E-state index contributed by atoms with van der Waals surface area (Å²) in [5.74, 6) is 0.665. The van der Waals surface area contributed by atoms with Crippen LogP contribution in [-0.2, 0) is 11.3 Å². The molecule has 0 bridgehead atoms. The van der Waals surface area contributed by atoms with Crippen molar-refractivity contribution in [3.8, 4) is 0 Å². The number of fused-ring (bicyclic) bond motifs is 1. The highest BCUT2D eigenvalue weighted by atomic mass is 16.3. The van der Waals surface area contributed by atoms with Gasteiger partial charge in [-0.3, -0.25) is 9.69 Å². The number of carbonyl (C=O) groups is 1. The van der Waals surface area contributed by atoms with Gasteiger partial charge in [0.2, 0.25) is 5.91 Å². The third kappa shape index (κ3) is 3.61. The largest absolute Gasteiger partial charge is 0.392 e. The van der Waals surface area contributed by atoms with E-state index in [9.17, 15) is 9.90 Å². The monoisotopic (exact) mass is 342 g/mol. The molecule has 3 aliphatic rings. The molecule has 4 unspecified atom stereocenters. The fourth-order valence-corrected chi connectivity index (χ4v) is 5.18. The van der Waals surface area contributed by atoms with Gasteiger partial charge in [0.15, 0.2) is 0 Å². The maximum Gasteiger partial charge on any atom is 0.228 e. The van der Waals surface area contributed by atoms with Crippen LogP contribution >= 0.6 is 0 Å². The first-order valence-corrected chi connectivity index (χ1v) is 9.97. The summed E-state index contributed by atoms with van der Waals surface area (Å²) in [5, 5.41) is 10.1. The lowest BCUT2D eigenvalue weighted by molar-refractivity contribution is -0.142. The van der Waals surface area contributed by atoms with Crippen molar-refractivity contribution in [2.75, 3.05) is 19.6 Å². The zero-order chi connectivity index (χ0) is 17.2. The van der Waals surface area contributed by atoms with Crippen molar-refractivity contribution >= 4 is 5.91 Å². The number of rotatable bonds is 3. The van der Waals surface area contributed by atoms with Gasteiger partial charge in [-0.25, -0.2) is 0 Å². The fraction of sp³-hybridized carbons (Fsp3) is 0.667. The number of hydrogen-bond acceptors (Lipinski definition) is 3. The molecule has 0 spiro atoms. The smallest absolute Gasteiger partial charge is 0.228 e. The Morgan fingerprint density at radius 3 is 2.64 bits per heavy atom. The summed E-state index contributed by atoms with van der Waals surface area (Å²) >= 11 is 0. The second kappa shape index (κ2) is 7.46. The van der Waals surface area contributed by atoms with Gasteiger partial charge in [0.1, 0.15) is 0 Å². The molecular weight excluding hydrogens is 312 g/mol. The number of likely N-dealkylation sites (tertiary alicyclic amines) is 2. The lowest BCUT2D eigenvalue weighted by atomic mass is 9.83. The van der Waals surface area contributed by atoms with E-state index < -0.39 is 6.10 Å². The van der Waals surface area contributed by atoms with Gasteiger partial charge < -0.3 is 10.0 Å². The Balaban J connectivity index is 1.39. The number of aliphatic hydroxyl groups excluding tert-OH is 1. The topological polar surface area (TPSA) is 43.8 Å². The number of nitrogens with zero attached hydrogens (tertiary/aromatic N) is 2. The highest BCUT2D eigenvalue weighted by Gasteiger charge is 2.40. The molecule has 4 heteroatoms. The summed E-state index contributed by atoms with van der Waals surface area (Å²) in [7, 11) is 0. The third-order valence-electron chi connectivity index (χ3n) is 6.52. The van der Waals surface area contributed by atoms with Crippen LogP contribution in [0.2, 0.25) is 0 Å². The first-order valence-electron chi connectivity index (χ1n) is 9.97. The Kier molecular flexibility index (Phi) is 5.09. The molecule has 2 saturated heterocycles. The molecule has 4 rings (SSSR count). The van der Waals surface area contributed by atoms with Crippen LogP contribution in [0.1, 0.15) is 44.1 Å². The third-order valence-corrected chi connectivity index (χ3v) is 6.52. The first kappa shape index (κ1) is 17.0. The zero-order valence-corrected chi connectivity index (χ0v) is 15.0. The molecule has 2 aliphatic heterocycles. The van der Waals surface area contributed by atoms with Crippen LogP contribution < -0.4 is 0 Å². The number of piperidine rings is 2. The van der Waals surface area contributed by atoms with Crippen LogP contribution in [0.4, 0.5) is 0 Å². The van der Waals surface area contributed by atoms with Gasteiger partial charge in [-0.2, -0.15) is 0 Å². The van der Waals surface area contributed by atoms with E-state index >= 15 is 0 Å². The van der Waals surface area contributed by atoms with E-state index in [1.807, 2.05) is 0 Å². The van der Waals surface area contributed by atoms with Crippen LogP contribution in [0.3, 0.4) is 0 Å². The summed E-state index contributed by atoms with van der Waals surface area (Å²) in [6, 6.07) is 11.3. The van der Waals surface area contributed by atoms with Crippen LogP contribution in [-0.4, -0.2) is 52.6 Å². The summed E-state index contributed by atoms with van der Waals surface area (Å²) in [4.78, 5) is 17.5. The number of aliphatic hydroxyl groups is 1. The van der Waals surface area contributed by atoms with Gasteiger partial charge in [0.05, 0.1) is 12.0 Å². The molecule has 0 aromatic heterocycles. The maximum atomic E-state index is 12.8. The van der Waals surface area contributed by atoms with Crippen molar-refractivity contribution in [2.45, 2.75) is 57.2 Å². The average Bonchev–Trinajstić information content (AvgIpc) is 3.08. The van der Waals surface area contributed by atoms with Crippen molar-refractivity contribution in [3.05, 3.63) is 35.9 Å². The quantitative estimate of drug-likeness (QED) is 0.918. The van der Waals surface area contributed by atoms with Crippen molar-refractivity contribution < 1.29 is 9.90 Å². The van der Waals surface area contributed by atoms with Crippen LogP contribution in [0.25, 0.3) is 0 Å². The Morgan fingerprint density at radius 1 is 1.04 bits per heavy atom. The van der Waals surface area contributed by atoms with Gasteiger partial charge in [-0.05, 0) is 56.6 Å². The second-order valence-electron chi connectivity index (χ2n) is 8.10.